The summed E-state index contributed by atoms with van der Waals surface area (Å²) in [5.74, 6) is -1.54. The topological polar surface area (TPSA) is 89.8 Å². The Morgan fingerprint density at radius 1 is 1.27 bits per heavy atom. The molecule has 5 rings (SSSR count). The van der Waals surface area contributed by atoms with E-state index in [1.807, 2.05) is 11.6 Å². The highest BCUT2D eigenvalue weighted by atomic mass is 35.5. The largest absolute Gasteiger partial charge is 0.466 e. The van der Waals surface area contributed by atoms with Gasteiger partial charge in [0.1, 0.15) is 5.71 Å². The molecule has 1 amide bonds. The molecule has 0 radical (unpaired) electrons. The maximum absolute atomic E-state index is 14.3. The number of benzene rings is 1. The Morgan fingerprint density at radius 3 is 2.84 bits per heavy atom. The zero-order chi connectivity index (χ0) is 25.9. The average Bonchev–Trinajstić information content (AvgIpc) is 3.60. The Morgan fingerprint density at radius 2 is 2.05 bits per heavy atom. The van der Waals surface area contributed by atoms with Crippen LogP contribution < -0.4 is 4.74 Å². The lowest BCUT2D eigenvalue weighted by atomic mass is 9.97. The number of halogens is 3. The van der Waals surface area contributed by atoms with Crippen LogP contribution in [-0.4, -0.2) is 57.4 Å². The quantitative estimate of drug-likeness (QED) is 0.286. The van der Waals surface area contributed by atoms with Gasteiger partial charge in [-0.3, -0.25) is 4.79 Å². The number of thiazole rings is 1. The molecule has 1 unspecified atom stereocenters. The van der Waals surface area contributed by atoms with Crippen LogP contribution in [0.25, 0.3) is 0 Å². The zero-order valence-corrected chi connectivity index (χ0v) is 22.1. The molecule has 4 heterocycles. The van der Waals surface area contributed by atoms with Crippen molar-refractivity contribution >= 4 is 46.3 Å². The van der Waals surface area contributed by atoms with E-state index in [1.54, 1.807) is 11.1 Å². The molecule has 1 fully saturated rings. The molecule has 2 aromatic heterocycles. The summed E-state index contributed by atoms with van der Waals surface area (Å²) in [6, 6.07) is 2.29. The van der Waals surface area contributed by atoms with Crippen LogP contribution in [0, 0.1) is 11.6 Å². The van der Waals surface area contributed by atoms with E-state index < -0.39 is 17.7 Å². The third-order valence-corrected chi connectivity index (χ3v) is 8.25. The summed E-state index contributed by atoms with van der Waals surface area (Å²) in [5, 5.41) is 7.63. The van der Waals surface area contributed by atoms with Gasteiger partial charge in [0.25, 0.3) is 5.91 Å². The van der Waals surface area contributed by atoms with Crippen molar-refractivity contribution in [3.63, 3.8) is 0 Å². The first-order valence-corrected chi connectivity index (χ1v) is 14.0. The lowest BCUT2D eigenvalue weighted by Crippen LogP contribution is -2.40. The van der Waals surface area contributed by atoms with Crippen molar-refractivity contribution in [1.82, 2.24) is 19.9 Å². The van der Waals surface area contributed by atoms with Gasteiger partial charge in [0.15, 0.2) is 29.4 Å². The van der Waals surface area contributed by atoms with E-state index in [1.165, 1.54) is 35.4 Å². The summed E-state index contributed by atoms with van der Waals surface area (Å²) in [7, 11) is 0. The second-order valence-corrected chi connectivity index (χ2v) is 10.6. The van der Waals surface area contributed by atoms with Gasteiger partial charge in [0.2, 0.25) is 5.88 Å². The lowest BCUT2D eigenvalue weighted by Gasteiger charge is -2.31. The predicted molar refractivity (Wildman–Crippen MR) is 136 cm³/mol. The average molecular weight is 566 g/mol. The molecule has 1 saturated heterocycles. The molecule has 0 saturated carbocycles. The number of ether oxygens (including phenoxy) is 1. The van der Waals surface area contributed by atoms with Gasteiger partial charge >= 0.3 is 0 Å². The van der Waals surface area contributed by atoms with E-state index in [2.05, 4.69) is 15.1 Å². The maximum atomic E-state index is 14.3. The molecule has 2 aliphatic heterocycles. The van der Waals surface area contributed by atoms with Crippen molar-refractivity contribution in [2.45, 2.75) is 36.3 Å². The minimum Gasteiger partial charge on any atom is -0.466 e. The number of aromatic nitrogens is 3. The second kappa shape index (κ2) is 11.3. The Bertz CT molecular complexity index is 1330. The molecule has 0 spiro atoms. The fraction of sp³-hybridized carbons (Fsp3) is 0.375. The first-order valence-electron chi connectivity index (χ1n) is 11.5. The number of oxime groups is 1. The summed E-state index contributed by atoms with van der Waals surface area (Å²) in [6.45, 7) is 1.11. The second-order valence-electron chi connectivity index (χ2n) is 8.48. The Balaban J connectivity index is 1.15. The number of amides is 1. The Labute approximate surface area is 225 Å². The fourth-order valence-electron chi connectivity index (χ4n) is 4.28. The first kappa shape index (κ1) is 25.8. The molecule has 3 aromatic rings. The number of rotatable bonds is 7. The summed E-state index contributed by atoms with van der Waals surface area (Å²) >= 11 is 9.01. The minimum absolute atomic E-state index is 0.0409. The van der Waals surface area contributed by atoms with Crippen LogP contribution in [-0.2, 0) is 9.63 Å². The molecule has 0 bridgehead atoms. The normalized spacial score (nSPS) is 18.0. The van der Waals surface area contributed by atoms with E-state index >= 15 is 0 Å². The van der Waals surface area contributed by atoms with Crippen LogP contribution in [0.5, 0.6) is 5.88 Å². The molecular formula is C24H22ClF2N5O3S2. The van der Waals surface area contributed by atoms with Gasteiger partial charge in [-0.15, -0.1) is 23.1 Å². The van der Waals surface area contributed by atoms with Crippen LogP contribution in [0.4, 0.5) is 8.78 Å². The van der Waals surface area contributed by atoms with Gasteiger partial charge in [-0.2, -0.15) is 0 Å². The lowest BCUT2D eigenvalue weighted by molar-refractivity contribution is -0.134. The number of carbonyl (C=O) groups is 1. The number of nitrogens with zero attached hydrogens (tertiary/aromatic N) is 5. The van der Waals surface area contributed by atoms with Crippen molar-refractivity contribution in [3.05, 3.63) is 62.8 Å². The van der Waals surface area contributed by atoms with Crippen LogP contribution in [0.3, 0.4) is 0 Å². The maximum Gasteiger partial charge on any atom is 0.260 e. The molecule has 1 aromatic carbocycles. The number of carbonyl (C=O) groups excluding carboxylic acids is 1. The molecule has 194 valence electrons. The third-order valence-electron chi connectivity index (χ3n) is 6.24. The predicted octanol–water partition coefficient (Wildman–Crippen LogP) is 5.24. The Kier molecular flexibility index (Phi) is 7.87. The van der Waals surface area contributed by atoms with E-state index in [-0.39, 0.29) is 35.4 Å². The van der Waals surface area contributed by atoms with E-state index in [9.17, 15) is 13.6 Å². The number of thioether (sulfide) groups is 1. The van der Waals surface area contributed by atoms with E-state index in [0.29, 0.717) is 35.4 Å². The SMILES string of the molecule is CSc1nccnc1OCC(=O)N1CCC(c2nc(C3=NOC(c4c(Cl)ccc(F)c4F)C3)cs2)CC1. The monoisotopic (exact) mass is 565 g/mol. The zero-order valence-electron chi connectivity index (χ0n) is 19.7. The fourth-order valence-corrected chi connectivity index (χ4v) is 6.00. The first-order chi connectivity index (χ1) is 17.9. The number of hydrogen-bond donors (Lipinski definition) is 0. The van der Waals surface area contributed by atoms with Gasteiger partial charge in [-0.05, 0) is 31.2 Å². The highest BCUT2D eigenvalue weighted by Crippen LogP contribution is 2.37. The van der Waals surface area contributed by atoms with Crippen molar-refractivity contribution in [1.29, 1.82) is 0 Å². The van der Waals surface area contributed by atoms with E-state index in [4.69, 9.17) is 26.2 Å². The summed E-state index contributed by atoms with van der Waals surface area (Å²) in [6.07, 6.45) is 5.96. The third kappa shape index (κ3) is 5.55. The van der Waals surface area contributed by atoms with Crippen LogP contribution in [0.1, 0.15) is 47.5 Å². The van der Waals surface area contributed by atoms with Crippen molar-refractivity contribution < 1.29 is 23.1 Å². The number of piperidine rings is 1. The molecule has 8 nitrogen and oxygen atoms in total. The smallest absolute Gasteiger partial charge is 0.260 e. The van der Waals surface area contributed by atoms with Crippen LogP contribution >= 0.6 is 34.7 Å². The Hall–Kier alpha value is -2.83. The van der Waals surface area contributed by atoms with Gasteiger partial charge in [-0.1, -0.05) is 16.8 Å². The van der Waals surface area contributed by atoms with Crippen molar-refractivity contribution in [2.24, 2.45) is 5.16 Å². The van der Waals surface area contributed by atoms with Crippen LogP contribution in [0.15, 0.2) is 40.1 Å². The molecule has 0 aliphatic carbocycles. The molecule has 0 N–H and O–H groups in total. The number of likely N-dealkylation sites (tertiary alicyclic amines) is 1. The molecule has 13 heteroatoms. The van der Waals surface area contributed by atoms with Gasteiger partial charge in [0.05, 0.1) is 21.3 Å². The standard InChI is InChI=1S/C24H22ClF2N5O3S2/c1-36-24-22(28-6-7-29-24)34-11-19(33)32-8-4-13(5-9-32)23-30-17(12-37-23)16-10-18(35-31-16)20-14(25)2-3-15(26)21(20)27/h2-3,6-7,12-13,18H,4-5,8-11H2,1H3. The van der Waals surface area contributed by atoms with Crippen LogP contribution in [0.2, 0.25) is 5.02 Å². The van der Waals surface area contributed by atoms with E-state index in [0.717, 1.165) is 23.9 Å². The summed E-state index contributed by atoms with van der Waals surface area (Å²) < 4.78 is 33.6. The molecule has 2 aliphatic rings. The molecule has 1 atom stereocenters. The molecular weight excluding hydrogens is 544 g/mol. The summed E-state index contributed by atoms with van der Waals surface area (Å²) in [4.78, 5) is 32.9. The molecule has 37 heavy (non-hydrogen) atoms. The van der Waals surface area contributed by atoms with Gasteiger partial charge in [0, 0.05) is 43.2 Å². The van der Waals surface area contributed by atoms with Gasteiger partial charge < -0.3 is 14.5 Å². The highest BCUT2D eigenvalue weighted by molar-refractivity contribution is 7.98. The van der Waals surface area contributed by atoms with Gasteiger partial charge in [-0.25, -0.2) is 23.7 Å². The highest BCUT2D eigenvalue weighted by Gasteiger charge is 2.32. The van der Waals surface area contributed by atoms with Crippen molar-refractivity contribution in [2.75, 3.05) is 26.0 Å². The minimum atomic E-state index is -1.03. The number of hydrogen-bond acceptors (Lipinski definition) is 9. The summed E-state index contributed by atoms with van der Waals surface area (Å²) in [5.41, 5.74) is 1.17. The van der Waals surface area contributed by atoms with Crippen molar-refractivity contribution in [3.8, 4) is 5.88 Å².